The molecule has 0 saturated heterocycles. The van der Waals surface area contributed by atoms with E-state index < -0.39 is 6.09 Å². The fourth-order valence-electron chi connectivity index (χ4n) is 2.16. The summed E-state index contributed by atoms with van der Waals surface area (Å²) in [4.78, 5) is 22.7. The van der Waals surface area contributed by atoms with Crippen molar-refractivity contribution in [3.8, 4) is 0 Å². The lowest BCUT2D eigenvalue weighted by molar-refractivity contribution is -0.124. The van der Waals surface area contributed by atoms with Gasteiger partial charge in [-0.15, -0.1) is 0 Å². The molecule has 0 heterocycles. The fourth-order valence-corrected chi connectivity index (χ4v) is 2.16. The zero-order valence-corrected chi connectivity index (χ0v) is 9.41. The minimum atomic E-state index is -0.434. The van der Waals surface area contributed by atoms with E-state index in [4.69, 9.17) is 0 Å². The number of hydrogen-bond acceptors (Lipinski definition) is 3. The molecule has 0 aromatic carbocycles. The highest BCUT2D eigenvalue weighted by Crippen LogP contribution is 2.26. The first kappa shape index (κ1) is 12.0. The summed E-state index contributed by atoms with van der Waals surface area (Å²) in [5.74, 6) is 0.235. The van der Waals surface area contributed by atoms with Gasteiger partial charge in [0.05, 0.1) is 7.11 Å². The average molecular weight is 213 g/mol. The van der Waals surface area contributed by atoms with Crippen molar-refractivity contribution in [1.82, 2.24) is 5.32 Å². The molecule has 2 atom stereocenters. The van der Waals surface area contributed by atoms with Gasteiger partial charge in [-0.05, 0) is 12.8 Å². The van der Waals surface area contributed by atoms with Crippen LogP contribution in [0.5, 0.6) is 0 Å². The molecule has 0 aliphatic heterocycles. The summed E-state index contributed by atoms with van der Waals surface area (Å²) in [5.41, 5.74) is 0. The lowest BCUT2D eigenvalue weighted by Gasteiger charge is -2.30. The second-order valence-corrected chi connectivity index (χ2v) is 3.95. The van der Waals surface area contributed by atoms with Crippen molar-refractivity contribution >= 4 is 11.9 Å². The molecular formula is C11H19NO3. The molecule has 4 nitrogen and oxygen atoms in total. The summed E-state index contributed by atoms with van der Waals surface area (Å²) in [5, 5.41) is 2.75. The maximum absolute atomic E-state index is 11.7. The molecule has 0 bridgehead atoms. The normalized spacial score (nSPS) is 25.7. The second-order valence-electron chi connectivity index (χ2n) is 3.95. The number of Topliss-reactive ketones (excluding diaryl/α,β-unsaturated/α-hetero) is 1. The highest BCUT2D eigenvalue weighted by molar-refractivity contribution is 5.82. The van der Waals surface area contributed by atoms with Crippen LogP contribution in [0.25, 0.3) is 0 Å². The SMILES string of the molecule is CCC(=O)[C@@H]1CCCC[C@H]1NC(=O)OC. The van der Waals surface area contributed by atoms with Crippen LogP contribution in [0.4, 0.5) is 4.79 Å². The number of amides is 1. The van der Waals surface area contributed by atoms with Gasteiger partial charge in [0.1, 0.15) is 5.78 Å². The average Bonchev–Trinajstić information content (AvgIpc) is 2.28. The van der Waals surface area contributed by atoms with Gasteiger partial charge in [-0.2, -0.15) is 0 Å². The Morgan fingerprint density at radius 3 is 2.60 bits per heavy atom. The molecule has 0 aromatic heterocycles. The van der Waals surface area contributed by atoms with Gasteiger partial charge in [0, 0.05) is 18.4 Å². The largest absolute Gasteiger partial charge is 0.453 e. The van der Waals surface area contributed by atoms with Gasteiger partial charge in [-0.3, -0.25) is 4.79 Å². The molecule has 4 heteroatoms. The molecule has 0 aromatic rings. The number of alkyl carbamates (subject to hydrolysis) is 1. The van der Waals surface area contributed by atoms with E-state index in [9.17, 15) is 9.59 Å². The highest BCUT2D eigenvalue weighted by atomic mass is 16.5. The van der Waals surface area contributed by atoms with Gasteiger partial charge in [-0.25, -0.2) is 4.79 Å². The van der Waals surface area contributed by atoms with E-state index >= 15 is 0 Å². The van der Waals surface area contributed by atoms with Gasteiger partial charge in [0.2, 0.25) is 0 Å². The van der Waals surface area contributed by atoms with E-state index in [1.54, 1.807) is 0 Å². The molecule has 15 heavy (non-hydrogen) atoms. The van der Waals surface area contributed by atoms with Crippen LogP contribution in [0, 0.1) is 5.92 Å². The highest BCUT2D eigenvalue weighted by Gasteiger charge is 2.30. The van der Waals surface area contributed by atoms with Crippen LogP contribution >= 0.6 is 0 Å². The Balaban J connectivity index is 2.57. The van der Waals surface area contributed by atoms with Crippen molar-refractivity contribution < 1.29 is 14.3 Å². The third kappa shape index (κ3) is 3.22. The molecule has 1 fully saturated rings. The summed E-state index contributed by atoms with van der Waals surface area (Å²) in [6, 6.07) is -0.0290. The van der Waals surface area contributed by atoms with E-state index in [-0.39, 0.29) is 17.7 Å². The molecule has 0 unspecified atom stereocenters. The first-order valence-corrected chi connectivity index (χ1v) is 5.56. The summed E-state index contributed by atoms with van der Waals surface area (Å²) in [6.07, 6.45) is 4.03. The van der Waals surface area contributed by atoms with Gasteiger partial charge in [0.15, 0.2) is 0 Å². The van der Waals surface area contributed by atoms with Crippen molar-refractivity contribution in [2.45, 2.75) is 45.1 Å². The van der Waals surface area contributed by atoms with Crippen LogP contribution in [0.3, 0.4) is 0 Å². The molecule has 1 amide bonds. The van der Waals surface area contributed by atoms with Gasteiger partial charge < -0.3 is 10.1 Å². The van der Waals surface area contributed by atoms with Crippen molar-refractivity contribution in [2.24, 2.45) is 5.92 Å². The molecule has 0 radical (unpaired) electrons. The maximum Gasteiger partial charge on any atom is 0.407 e. The Hall–Kier alpha value is -1.06. The van der Waals surface area contributed by atoms with Gasteiger partial charge >= 0.3 is 6.09 Å². The Kier molecular flexibility index (Phi) is 4.59. The van der Waals surface area contributed by atoms with Crippen molar-refractivity contribution in [2.75, 3.05) is 7.11 Å². The number of rotatable bonds is 3. The third-order valence-corrected chi connectivity index (χ3v) is 3.02. The first-order valence-electron chi connectivity index (χ1n) is 5.56. The number of carbonyl (C=O) groups is 2. The zero-order chi connectivity index (χ0) is 11.3. The Morgan fingerprint density at radius 1 is 1.33 bits per heavy atom. The maximum atomic E-state index is 11.7. The Labute approximate surface area is 90.4 Å². The predicted molar refractivity (Wildman–Crippen MR) is 56.6 cm³/mol. The fraction of sp³-hybridized carbons (Fsp3) is 0.818. The van der Waals surface area contributed by atoms with Crippen molar-refractivity contribution in [3.63, 3.8) is 0 Å². The molecule has 1 aliphatic rings. The molecule has 1 rings (SSSR count). The molecule has 1 saturated carbocycles. The minimum absolute atomic E-state index is 0.0112. The number of methoxy groups -OCH3 is 1. The van der Waals surface area contributed by atoms with E-state index in [0.717, 1.165) is 25.7 Å². The Morgan fingerprint density at radius 2 is 2.00 bits per heavy atom. The Bertz CT molecular complexity index is 240. The number of ketones is 1. The van der Waals surface area contributed by atoms with Crippen LogP contribution in [0.2, 0.25) is 0 Å². The molecule has 86 valence electrons. The number of nitrogens with one attached hydrogen (secondary N) is 1. The quantitative estimate of drug-likeness (QED) is 0.778. The summed E-state index contributed by atoms with van der Waals surface area (Å²) >= 11 is 0. The molecule has 1 N–H and O–H groups in total. The molecule has 1 aliphatic carbocycles. The molecule has 0 spiro atoms. The van der Waals surface area contributed by atoms with E-state index in [2.05, 4.69) is 10.1 Å². The summed E-state index contributed by atoms with van der Waals surface area (Å²) < 4.78 is 4.55. The summed E-state index contributed by atoms with van der Waals surface area (Å²) in [6.45, 7) is 1.87. The van der Waals surface area contributed by atoms with Crippen LogP contribution in [-0.4, -0.2) is 25.0 Å². The number of carbonyl (C=O) groups excluding carboxylic acids is 2. The van der Waals surface area contributed by atoms with Crippen LogP contribution in [0.15, 0.2) is 0 Å². The van der Waals surface area contributed by atoms with Gasteiger partial charge in [0.25, 0.3) is 0 Å². The van der Waals surface area contributed by atoms with E-state index in [1.165, 1.54) is 7.11 Å². The van der Waals surface area contributed by atoms with Crippen molar-refractivity contribution in [1.29, 1.82) is 0 Å². The third-order valence-electron chi connectivity index (χ3n) is 3.02. The lowest BCUT2D eigenvalue weighted by Crippen LogP contribution is -2.44. The standard InChI is InChI=1S/C11H19NO3/c1-3-10(13)8-6-4-5-7-9(8)12-11(14)15-2/h8-9H,3-7H2,1-2H3,(H,12,14)/t8-,9-/m1/s1. The predicted octanol–water partition coefficient (Wildman–Crippen LogP) is 1.88. The summed E-state index contributed by atoms with van der Waals surface area (Å²) in [7, 11) is 1.34. The first-order chi connectivity index (χ1) is 7.19. The van der Waals surface area contributed by atoms with Crippen LogP contribution in [0.1, 0.15) is 39.0 Å². The van der Waals surface area contributed by atoms with E-state index in [1.807, 2.05) is 6.92 Å². The van der Waals surface area contributed by atoms with Crippen LogP contribution in [-0.2, 0) is 9.53 Å². The van der Waals surface area contributed by atoms with Crippen LogP contribution < -0.4 is 5.32 Å². The lowest BCUT2D eigenvalue weighted by atomic mass is 9.81. The monoisotopic (exact) mass is 213 g/mol. The minimum Gasteiger partial charge on any atom is -0.453 e. The van der Waals surface area contributed by atoms with Gasteiger partial charge in [-0.1, -0.05) is 19.8 Å². The topological polar surface area (TPSA) is 55.4 Å². The zero-order valence-electron chi connectivity index (χ0n) is 9.41. The number of hydrogen-bond donors (Lipinski definition) is 1. The van der Waals surface area contributed by atoms with E-state index in [0.29, 0.717) is 6.42 Å². The number of ether oxygens (including phenoxy) is 1. The van der Waals surface area contributed by atoms with Crippen molar-refractivity contribution in [3.05, 3.63) is 0 Å². The smallest absolute Gasteiger partial charge is 0.407 e. The second kappa shape index (κ2) is 5.73. The molecular weight excluding hydrogens is 194 g/mol.